The van der Waals surface area contributed by atoms with Crippen molar-refractivity contribution in [2.45, 2.75) is 39.5 Å². The van der Waals surface area contributed by atoms with Crippen molar-refractivity contribution in [2.24, 2.45) is 0 Å². The lowest BCUT2D eigenvalue weighted by atomic mass is 10.1. The Morgan fingerprint density at radius 2 is 2.00 bits per heavy atom. The second-order valence-electron chi connectivity index (χ2n) is 4.94. The first-order valence-electron chi connectivity index (χ1n) is 7.09. The van der Waals surface area contributed by atoms with Crippen LogP contribution < -0.4 is 5.32 Å². The Bertz CT molecular complexity index is 522. The Balaban J connectivity index is 2.19. The SMILES string of the molecule is CCCn1nc(CNC[C@H](C)O)c(-c2ccccc2)n1. The number of nitrogens with zero attached hydrogens (tertiary/aromatic N) is 3. The Morgan fingerprint density at radius 1 is 1.25 bits per heavy atom. The van der Waals surface area contributed by atoms with Gasteiger partial charge in [0.15, 0.2) is 0 Å². The minimum absolute atomic E-state index is 0.360. The average molecular weight is 274 g/mol. The maximum Gasteiger partial charge on any atom is 0.117 e. The van der Waals surface area contributed by atoms with Crippen LogP contribution in [-0.2, 0) is 13.1 Å². The van der Waals surface area contributed by atoms with Crippen molar-refractivity contribution in [3.8, 4) is 11.3 Å². The molecule has 0 unspecified atom stereocenters. The number of rotatable bonds is 7. The third-order valence-electron chi connectivity index (χ3n) is 2.93. The van der Waals surface area contributed by atoms with Crippen LogP contribution in [0, 0.1) is 0 Å². The normalized spacial score (nSPS) is 12.6. The van der Waals surface area contributed by atoms with Crippen molar-refractivity contribution in [3.63, 3.8) is 0 Å². The molecule has 2 aromatic rings. The predicted molar refractivity (Wildman–Crippen MR) is 79.1 cm³/mol. The summed E-state index contributed by atoms with van der Waals surface area (Å²) in [6, 6.07) is 10.1. The van der Waals surface area contributed by atoms with Gasteiger partial charge in [0.05, 0.1) is 12.6 Å². The molecule has 0 saturated carbocycles. The number of aliphatic hydroxyl groups excluding tert-OH is 1. The van der Waals surface area contributed by atoms with Crippen LogP contribution in [0.4, 0.5) is 0 Å². The van der Waals surface area contributed by atoms with Gasteiger partial charge in [-0.1, -0.05) is 37.3 Å². The fourth-order valence-corrected chi connectivity index (χ4v) is 2.02. The molecule has 5 heteroatoms. The molecule has 0 spiro atoms. The molecular formula is C15H22N4O. The quantitative estimate of drug-likeness (QED) is 0.808. The molecular weight excluding hydrogens is 252 g/mol. The maximum atomic E-state index is 9.30. The molecule has 1 aromatic heterocycles. The third-order valence-corrected chi connectivity index (χ3v) is 2.93. The number of benzene rings is 1. The number of aromatic nitrogens is 3. The Morgan fingerprint density at radius 3 is 2.65 bits per heavy atom. The summed E-state index contributed by atoms with van der Waals surface area (Å²) in [4.78, 5) is 1.75. The van der Waals surface area contributed by atoms with Gasteiger partial charge in [0.2, 0.25) is 0 Å². The lowest BCUT2D eigenvalue weighted by molar-refractivity contribution is 0.191. The van der Waals surface area contributed by atoms with Crippen LogP contribution in [0.5, 0.6) is 0 Å². The van der Waals surface area contributed by atoms with Crippen LogP contribution in [-0.4, -0.2) is 32.7 Å². The fraction of sp³-hybridized carbons (Fsp3) is 0.467. The topological polar surface area (TPSA) is 63.0 Å². The highest BCUT2D eigenvalue weighted by molar-refractivity contribution is 5.60. The molecule has 1 aromatic carbocycles. The fourth-order valence-electron chi connectivity index (χ4n) is 2.02. The van der Waals surface area contributed by atoms with Crippen molar-refractivity contribution in [1.29, 1.82) is 0 Å². The van der Waals surface area contributed by atoms with Gasteiger partial charge in [0, 0.05) is 18.7 Å². The summed E-state index contributed by atoms with van der Waals surface area (Å²) in [6.07, 6.45) is 0.643. The molecule has 0 amide bonds. The van der Waals surface area contributed by atoms with Crippen LogP contribution in [0.3, 0.4) is 0 Å². The highest BCUT2D eigenvalue weighted by Crippen LogP contribution is 2.19. The van der Waals surface area contributed by atoms with Gasteiger partial charge in [-0.15, -0.1) is 0 Å². The van der Waals surface area contributed by atoms with E-state index in [9.17, 15) is 5.11 Å². The van der Waals surface area contributed by atoms with Crippen molar-refractivity contribution in [1.82, 2.24) is 20.3 Å². The molecule has 0 aliphatic carbocycles. The summed E-state index contributed by atoms with van der Waals surface area (Å²) in [5, 5.41) is 21.6. The molecule has 108 valence electrons. The predicted octanol–water partition coefficient (Wildman–Crippen LogP) is 1.83. The van der Waals surface area contributed by atoms with Gasteiger partial charge in [0.25, 0.3) is 0 Å². The Kier molecular flexibility index (Phi) is 5.26. The first kappa shape index (κ1) is 14.7. The molecule has 0 saturated heterocycles. The summed E-state index contributed by atoms with van der Waals surface area (Å²) < 4.78 is 0. The molecule has 0 aliphatic rings. The van der Waals surface area contributed by atoms with E-state index in [2.05, 4.69) is 22.4 Å². The van der Waals surface area contributed by atoms with Gasteiger partial charge in [-0.05, 0) is 13.3 Å². The minimum atomic E-state index is -0.360. The molecule has 20 heavy (non-hydrogen) atoms. The summed E-state index contributed by atoms with van der Waals surface area (Å²) >= 11 is 0. The van der Waals surface area contributed by atoms with Crippen molar-refractivity contribution >= 4 is 0 Å². The molecule has 1 atom stereocenters. The molecule has 0 fully saturated rings. The molecule has 0 aliphatic heterocycles. The van der Waals surface area contributed by atoms with Gasteiger partial charge in [0.1, 0.15) is 11.4 Å². The van der Waals surface area contributed by atoms with Crippen LogP contribution in [0.2, 0.25) is 0 Å². The maximum absolute atomic E-state index is 9.30. The van der Waals surface area contributed by atoms with Gasteiger partial charge < -0.3 is 10.4 Å². The van der Waals surface area contributed by atoms with E-state index in [0.717, 1.165) is 29.9 Å². The molecule has 0 bridgehead atoms. The van der Waals surface area contributed by atoms with Gasteiger partial charge in [-0.3, -0.25) is 0 Å². The summed E-state index contributed by atoms with van der Waals surface area (Å²) in [5.41, 5.74) is 2.91. The smallest absolute Gasteiger partial charge is 0.117 e. The van der Waals surface area contributed by atoms with Crippen LogP contribution >= 0.6 is 0 Å². The zero-order chi connectivity index (χ0) is 14.4. The highest BCUT2D eigenvalue weighted by Gasteiger charge is 2.12. The lowest BCUT2D eigenvalue weighted by Crippen LogP contribution is -2.24. The number of hydrogen-bond acceptors (Lipinski definition) is 4. The standard InChI is InChI=1S/C15H22N4O/c1-3-9-19-17-14(11-16-10-12(2)20)15(18-19)13-7-5-4-6-8-13/h4-8,12,16,20H,3,9-11H2,1-2H3/t12-/m0/s1. The molecule has 2 N–H and O–H groups in total. The third kappa shape index (κ3) is 3.88. The van der Waals surface area contributed by atoms with Crippen molar-refractivity contribution < 1.29 is 5.11 Å². The van der Waals surface area contributed by atoms with Gasteiger partial charge >= 0.3 is 0 Å². The van der Waals surface area contributed by atoms with E-state index in [1.165, 1.54) is 0 Å². The molecule has 5 nitrogen and oxygen atoms in total. The van der Waals surface area contributed by atoms with E-state index in [0.29, 0.717) is 13.1 Å². The molecule has 0 radical (unpaired) electrons. The Labute approximate surface area is 119 Å². The molecule has 2 rings (SSSR count). The number of hydrogen-bond donors (Lipinski definition) is 2. The zero-order valence-corrected chi connectivity index (χ0v) is 12.1. The average Bonchev–Trinajstić information content (AvgIpc) is 2.83. The lowest BCUT2D eigenvalue weighted by Gasteiger charge is -2.05. The largest absolute Gasteiger partial charge is 0.392 e. The van der Waals surface area contributed by atoms with Crippen LogP contribution in [0.1, 0.15) is 26.0 Å². The first-order chi connectivity index (χ1) is 9.70. The second kappa shape index (κ2) is 7.17. The van der Waals surface area contributed by atoms with Gasteiger partial charge in [-0.25, -0.2) is 0 Å². The highest BCUT2D eigenvalue weighted by atomic mass is 16.3. The minimum Gasteiger partial charge on any atom is -0.392 e. The summed E-state index contributed by atoms with van der Waals surface area (Å²) in [5.74, 6) is 0. The van der Waals surface area contributed by atoms with Crippen LogP contribution in [0.15, 0.2) is 30.3 Å². The van der Waals surface area contributed by atoms with E-state index in [1.54, 1.807) is 11.7 Å². The van der Waals surface area contributed by atoms with E-state index in [-0.39, 0.29) is 6.10 Å². The van der Waals surface area contributed by atoms with Crippen molar-refractivity contribution in [2.75, 3.05) is 6.54 Å². The number of aryl methyl sites for hydroxylation is 1. The Hall–Kier alpha value is -1.72. The van der Waals surface area contributed by atoms with Crippen LogP contribution in [0.25, 0.3) is 11.3 Å². The van der Waals surface area contributed by atoms with E-state index >= 15 is 0 Å². The first-order valence-corrected chi connectivity index (χ1v) is 7.09. The summed E-state index contributed by atoms with van der Waals surface area (Å²) in [6.45, 7) is 5.85. The van der Waals surface area contributed by atoms with E-state index < -0.39 is 0 Å². The van der Waals surface area contributed by atoms with Crippen molar-refractivity contribution in [3.05, 3.63) is 36.0 Å². The monoisotopic (exact) mass is 274 g/mol. The zero-order valence-electron chi connectivity index (χ0n) is 12.1. The summed E-state index contributed by atoms with van der Waals surface area (Å²) in [7, 11) is 0. The number of nitrogens with one attached hydrogen (secondary N) is 1. The second-order valence-corrected chi connectivity index (χ2v) is 4.94. The van der Waals surface area contributed by atoms with E-state index in [4.69, 9.17) is 0 Å². The van der Waals surface area contributed by atoms with E-state index in [1.807, 2.05) is 30.3 Å². The van der Waals surface area contributed by atoms with Gasteiger partial charge in [-0.2, -0.15) is 15.0 Å². The molecule has 1 heterocycles. The number of aliphatic hydroxyl groups is 1.